The number of hydrogen-bond donors (Lipinski definition) is 2. The van der Waals surface area contributed by atoms with Crippen molar-refractivity contribution in [2.75, 3.05) is 12.3 Å². The van der Waals surface area contributed by atoms with E-state index in [1.54, 1.807) is 10.9 Å². The van der Waals surface area contributed by atoms with E-state index in [0.29, 0.717) is 11.2 Å². The third-order valence-electron chi connectivity index (χ3n) is 3.02. The van der Waals surface area contributed by atoms with Gasteiger partial charge in [0.05, 0.1) is 19.0 Å². The number of nitrogens with zero attached hydrogens (tertiary/aromatic N) is 4. The number of nitrogens with two attached hydrogens (primary N) is 1. The summed E-state index contributed by atoms with van der Waals surface area (Å²) in [4.78, 5) is 12.1. The second kappa shape index (κ2) is 4.34. The molecule has 96 valence electrons. The molecular formula is C10H12ClN5O2. The third-order valence-corrected chi connectivity index (χ3v) is 3.19. The van der Waals surface area contributed by atoms with Crippen LogP contribution in [0.5, 0.6) is 0 Å². The smallest absolute Gasteiger partial charge is 0.226 e. The average Bonchev–Trinajstić information content (AvgIpc) is 2.93. The maximum Gasteiger partial charge on any atom is 0.226 e. The van der Waals surface area contributed by atoms with E-state index in [4.69, 9.17) is 27.2 Å². The predicted molar refractivity (Wildman–Crippen MR) is 65.0 cm³/mol. The van der Waals surface area contributed by atoms with Crippen LogP contribution in [0.2, 0.25) is 5.28 Å². The first-order valence-corrected chi connectivity index (χ1v) is 5.98. The number of aliphatic hydroxyl groups excluding tert-OH is 1. The van der Waals surface area contributed by atoms with Gasteiger partial charge in [0.1, 0.15) is 11.7 Å². The molecule has 0 bridgehead atoms. The van der Waals surface area contributed by atoms with Crippen LogP contribution in [0.15, 0.2) is 6.33 Å². The average molecular weight is 270 g/mol. The van der Waals surface area contributed by atoms with Crippen molar-refractivity contribution in [1.29, 1.82) is 0 Å². The summed E-state index contributed by atoms with van der Waals surface area (Å²) < 4.78 is 7.44. The molecule has 0 spiro atoms. The van der Waals surface area contributed by atoms with Crippen LogP contribution in [0.25, 0.3) is 11.2 Å². The Morgan fingerprint density at radius 3 is 3.06 bits per heavy atom. The number of fused-ring (bicyclic) bond motifs is 1. The molecule has 0 saturated carbocycles. The Morgan fingerprint density at radius 2 is 2.33 bits per heavy atom. The van der Waals surface area contributed by atoms with Crippen LogP contribution in [-0.4, -0.2) is 37.3 Å². The van der Waals surface area contributed by atoms with Crippen LogP contribution in [0.1, 0.15) is 19.1 Å². The second-order valence-corrected chi connectivity index (χ2v) is 4.51. The zero-order chi connectivity index (χ0) is 12.7. The lowest BCUT2D eigenvalue weighted by Crippen LogP contribution is -2.14. The van der Waals surface area contributed by atoms with E-state index in [1.807, 2.05) is 0 Å². The summed E-state index contributed by atoms with van der Waals surface area (Å²) in [6.07, 6.45) is 2.86. The number of halogens is 1. The molecule has 2 aromatic heterocycles. The number of rotatable bonds is 2. The molecule has 3 N–H and O–H groups in total. The summed E-state index contributed by atoms with van der Waals surface area (Å²) in [5.41, 5.74) is 6.79. The molecule has 7 nitrogen and oxygen atoms in total. The zero-order valence-electron chi connectivity index (χ0n) is 9.45. The lowest BCUT2D eigenvalue weighted by atomic mass is 10.2. The van der Waals surface area contributed by atoms with E-state index in [1.165, 1.54) is 0 Å². The van der Waals surface area contributed by atoms with Gasteiger partial charge in [0, 0.05) is 0 Å². The lowest BCUT2D eigenvalue weighted by molar-refractivity contribution is -0.0207. The fourth-order valence-corrected chi connectivity index (χ4v) is 2.32. The Hall–Kier alpha value is -1.44. The molecule has 0 radical (unpaired) electrons. The summed E-state index contributed by atoms with van der Waals surface area (Å²) in [5, 5.41) is 9.15. The number of aliphatic hydroxyl groups is 1. The Balaban J connectivity index is 2.03. The van der Waals surface area contributed by atoms with Gasteiger partial charge >= 0.3 is 0 Å². The summed E-state index contributed by atoms with van der Waals surface area (Å²) in [6.45, 7) is 0.0149. The van der Waals surface area contributed by atoms with Crippen LogP contribution in [0.4, 0.5) is 5.82 Å². The van der Waals surface area contributed by atoms with Crippen molar-refractivity contribution in [1.82, 2.24) is 19.5 Å². The maximum atomic E-state index is 9.07. The van der Waals surface area contributed by atoms with Gasteiger partial charge in [-0.3, -0.25) is 4.57 Å². The van der Waals surface area contributed by atoms with Gasteiger partial charge in [-0.15, -0.1) is 0 Å². The maximum absolute atomic E-state index is 9.07. The Labute approximate surface area is 108 Å². The van der Waals surface area contributed by atoms with E-state index in [9.17, 15) is 0 Å². The molecule has 1 aliphatic rings. The van der Waals surface area contributed by atoms with E-state index in [0.717, 1.165) is 12.8 Å². The molecule has 2 atom stereocenters. The van der Waals surface area contributed by atoms with E-state index >= 15 is 0 Å². The Morgan fingerprint density at radius 1 is 1.50 bits per heavy atom. The summed E-state index contributed by atoms with van der Waals surface area (Å²) in [7, 11) is 0. The number of anilines is 1. The summed E-state index contributed by atoms with van der Waals surface area (Å²) in [5.74, 6) is 0.250. The SMILES string of the molecule is Nc1nc(Cl)nc2c1ncn2[C@H]1CC[C@H](CO)O1. The Bertz CT molecular complexity index is 587. The minimum atomic E-state index is -0.197. The first-order chi connectivity index (χ1) is 8.69. The molecule has 0 aliphatic carbocycles. The molecule has 3 heterocycles. The van der Waals surface area contributed by atoms with E-state index in [-0.39, 0.29) is 30.0 Å². The third kappa shape index (κ3) is 1.80. The fraction of sp³-hybridized carbons (Fsp3) is 0.500. The van der Waals surface area contributed by atoms with Crippen molar-refractivity contribution >= 4 is 28.6 Å². The number of imidazole rings is 1. The second-order valence-electron chi connectivity index (χ2n) is 4.17. The van der Waals surface area contributed by atoms with Crippen molar-refractivity contribution in [2.24, 2.45) is 0 Å². The van der Waals surface area contributed by atoms with Crippen molar-refractivity contribution < 1.29 is 9.84 Å². The van der Waals surface area contributed by atoms with Crippen molar-refractivity contribution in [3.05, 3.63) is 11.6 Å². The standard InChI is InChI=1S/C10H12ClN5O2/c11-10-14-8(12)7-9(15-10)16(4-13-7)6-2-1-5(3-17)18-6/h4-6,17H,1-3H2,(H2,12,14,15)/t5-,6-/m1/s1. The van der Waals surface area contributed by atoms with Crippen molar-refractivity contribution in [3.63, 3.8) is 0 Å². The minimum absolute atomic E-state index is 0.0149. The van der Waals surface area contributed by atoms with Gasteiger partial charge in [-0.25, -0.2) is 4.98 Å². The fourth-order valence-electron chi connectivity index (χ4n) is 2.15. The molecule has 18 heavy (non-hydrogen) atoms. The molecule has 2 aromatic rings. The number of hydrogen-bond acceptors (Lipinski definition) is 6. The predicted octanol–water partition coefficient (Wildman–Crippen LogP) is 0.732. The summed E-state index contributed by atoms with van der Waals surface area (Å²) in [6, 6.07) is 0. The van der Waals surface area contributed by atoms with Gasteiger partial charge in [0.2, 0.25) is 5.28 Å². The largest absolute Gasteiger partial charge is 0.394 e. The molecule has 1 fully saturated rings. The van der Waals surface area contributed by atoms with Crippen LogP contribution in [0, 0.1) is 0 Å². The highest BCUT2D eigenvalue weighted by Gasteiger charge is 2.27. The highest BCUT2D eigenvalue weighted by molar-refractivity contribution is 6.28. The van der Waals surface area contributed by atoms with Gasteiger partial charge in [0.25, 0.3) is 0 Å². The zero-order valence-corrected chi connectivity index (χ0v) is 10.2. The Kier molecular flexibility index (Phi) is 2.81. The van der Waals surface area contributed by atoms with Gasteiger partial charge in [-0.2, -0.15) is 9.97 Å². The number of ether oxygens (including phenoxy) is 1. The molecular weight excluding hydrogens is 258 g/mol. The van der Waals surface area contributed by atoms with Crippen molar-refractivity contribution in [3.8, 4) is 0 Å². The van der Waals surface area contributed by atoms with Crippen LogP contribution < -0.4 is 5.73 Å². The van der Waals surface area contributed by atoms with E-state index in [2.05, 4.69) is 15.0 Å². The van der Waals surface area contributed by atoms with Crippen LogP contribution in [-0.2, 0) is 4.74 Å². The highest BCUT2D eigenvalue weighted by atomic mass is 35.5. The first kappa shape index (κ1) is 11.6. The highest BCUT2D eigenvalue weighted by Crippen LogP contribution is 2.31. The van der Waals surface area contributed by atoms with Crippen LogP contribution in [0.3, 0.4) is 0 Å². The van der Waals surface area contributed by atoms with Gasteiger partial charge in [0.15, 0.2) is 11.5 Å². The molecule has 0 amide bonds. The molecule has 1 saturated heterocycles. The van der Waals surface area contributed by atoms with Crippen molar-refractivity contribution in [2.45, 2.75) is 25.2 Å². The van der Waals surface area contributed by atoms with E-state index < -0.39 is 0 Å². The monoisotopic (exact) mass is 269 g/mol. The van der Waals surface area contributed by atoms with Gasteiger partial charge in [-0.1, -0.05) is 0 Å². The summed E-state index contributed by atoms with van der Waals surface area (Å²) >= 11 is 5.79. The molecule has 8 heteroatoms. The number of aromatic nitrogens is 4. The normalized spacial score (nSPS) is 23.9. The van der Waals surface area contributed by atoms with Gasteiger partial charge < -0.3 is 15.6 Å². The van der Waals surface area contributed by atoms with Gasteiger partial charge in [-0.05, 0) is 24.4 Å². The quantitative estimate of drug-likeness (QED) is 0.780. The number of nitrogen functional groups attached to an aromatic ring is 1. The topological polar surface area (TPSA) is 99.1 Å². The molecule has 0 unspecified atom stereocenters. The minimum Gasteiger partial charge on any atom is -0.394 e. The lowest BCUT2D eigenvalue weighted by Gasteiger charge is -2.13. The molecule has 1 aliphatic heterocycles. The first-order valence-electron chi connectivity index (χ1n) is 5.61. The molecule has 0 aromatic carbocycles. The molecule has 3 rings (SSSR count). The van der Waals surface area contributed by atoms with Crippen LogP contribution >= 0.6 is 11.6 Å².